The van der Waals surface area contributed by atoms with Gasteiger partial charge in [-0.25, -0.2) is 0 Å². The highest BCUT2D eigenvalue weighted by Crippen LogP contribution is 2.27. The molecule has 4 heteroatoms. The Hall–Kier alpha value is -0.0300. The summed E-state index contributed by atoms with van der Waals surface area (Å²) in [5, 5.41) is 15.4. The minimum absolute atomic E-state index is 0.456. The smallest absolute Gasteiger partial charge is 0.0869 e. The lowest BCUT2D eigenvalue weighted by atomic mass is 10.0. The first-order valence-electron chi connectivity index (χ1n) is 4.82. The van der Waals surface area contributed by atoms with Crippen LogP contribution in [-0.2, 0) is 6.54 Å². The number of thiophene rings is 1. The maximum Gasteiger partial charge on any atom is 0.0869 e. The van der Waals surface area contributed by atoms with Gasteiger partial charge in [0.05, 0.1) is 5.60 Å². The van der Waals surface area contributed by atoms with Crippen LogP contribution in [0.2, 0.25) is 0 Å². The molecule has 1 aliphatic rings. The second-order valence-corrected chi connectivity index (χ2v) is 5.85. The fraction of sp³-hybridized carbons (Fsp3) is 0.600. The standard InChI is InChI=1S/C10H15NOS2/c12-10(3-5-13-8-10)7-11-6-9-2-1-4-14-9/h1-2,4,11-12H,3,5-8H2. The van der Waals surface area contributed by atoms with Crippen LogP contribution in [0, 0.1) is 0 Å². The number of thioether (sulfide) groups is 1. The van der Waals surface area contributed by atoms with Gasteiger partial charge in [-0.2, -0.15) is 11.8 Å². The zero-order valence-electron chi connectivity index (χ0n) is 8.03. The molecule has 78 valence electrons. The van der Waals surface area contributed by atoms with E-state index in [2.05, 4.69) is 22.8 Å². The third-order valence-corrected chi connectivity index (χ3v) is 4.53. The molecule has 2 nitrogen and oxygen atoms in total. The van der Waals surface area contributed by atoms with Crippen molar-refractivity contribution in [2.75, 3.05) is 18.1 Å². The molecule has 2 rings (SSSR count). The Morgan fingerprint density at radius 2 is 2.50 bits per heavy atom. The fourth-order valence-electron chi connectivity index (χ4n) is 1.57. The summed E-state index contributed by atoms with van der Waals surface area (Å²) in [7, 11) is 0. The van der Waals surface area contributed by atoms with Gasteiger partial charge >= 0.3 is 0 Å². The summed E-state index contributed by atoms with van der Waals surface area (Å²) < 4.78 is 0. The number of hydrogen-bond donors (Lipinski definition) is 2. The van der Waals surface area contributed by atoms with Crippen LogP contribution in [0.4, 0.5) is 0 Å². The van der Waals surface area contributed by atoms with Crippen LogP contribution in [0.1, 0.15) is 11.3 Å². The number of nitrogens with one attached hydrogen (secondary N) is 1. The van der Waals surface area contributed by atoms with Gasteiger partial charge in [-0.1, -0.05) is 6.07 Å². The zero-order valence-corrected chi connectivity index (χ0v) is 9.66. The predicted octanol–water partition coefficient (Wildman–Crippen LogP) is 1.71. The van der Waals surface area contributed by atoms with E-state index in [1.165, 1.54) is 4.88 Å². The minimum Gasteiger partial charge on any atom is -0.388 e. The van der Waals surface area contributed by atoms with Gasteiger partial charge in [-0.3, -0.25) is 0 Å². The van der Waals surface area contributed by atoms with Crippen LogP contribution in [0.15, 0.2) is 17.5 Å². The molecule has 1 aliphatic heterocycles. The van der Waals surface area contributed by atoms with Crippen molar-refractivity contribution in [3.63, 3.8) is 0 Å². The second kappa shape index (κ2) is 4.66. The molecule has 1 saturated heterocycles. The summed E-state index contributed by atoms with van der Waals surface area (Å²) >= 11 is 3.60. The van der Waals surface area contributed by atoms with E-state index in [0.29, 0.717) is 0 Å². The van der Waals surface area contributed by atoms with Crippen LogP contribution in [0.5, 0.6) is 0 Å². The maximum atomic E-state index is 10.0. The summed E-state index contributed by atoms with van der Waals surface area (Å²) in [4.78, 5) is 1.33. The van der Waals surface area contributed by atoms with Crippen molar-refractivity contribution in [1.29, 1.82) is 0 Å². The topological polar surface area (TPSA) is 32.3 Å². The van der Waals surface area contributed by atoms with Crippen LogP contribution < -0.4 is 5.32 Å². The zero-order chi connectivity index (χ0) is 9.86. The minimum atomic E-state index is -0.456. The molecule has 0 aromatic carbocycles. The highest BCUT2D eigenvalue weighted by molar-refractivity contribution is 7.99. The van der Waals surface area contributed by atoms with E-state index in [4.69, 9.17) is 0 Å². The molecule has 1 atom stereocenters. The molecule has 0 saturated carbocycles. The Bertz CT molecular complexity index is 268. The van der Waals surface area contributed by atoms with Gasteiger partial charge in [-0.15, -0.1) is 11.3 Å². The highest BCUT2D eigenvalue weighted by atomic mass is 32.2. The molecule has 0 spiro atoms. The van der Waals surface area contributed by atoms with E-state index in [1.54, 1.807) is 11.3 Å². The number of rotatable bonds is 4. The summed E-state index contributed by atoms with van der Waals surface area (Å²) in [5.74, 6) is 1.97. The first-order valence-corrected chi connectivity index (χ1v) is 6.85. The Kier molecular flexibility index (Phi) is 3.49. The van der Waals surface area contributed by atoms with Crippen LogP contribution in [0.25, 0.3) is 0 Å². The first kappa shape index (κ1) is 10.5. The fourth-order valence-corrected chi connectivity index (χ4v) is 3.54. The third-order valence-electron chi connectivity index (χ3n) is 2.42. The molecular formula is C10H15NOS2. The quantitative estimate of drug-likeness (QED) is 0.824. The summed E-state index contributed by atoms with van der Waals surface area (Å²) in [6.07, 6.45) is 0.926. The van der Waals surface area contributed by atoms with E-state index in [9.17, 15) is 5.11 Å². The van der Waals surface area contributed by atoms with E-state index in [1.807, 2.05) is 11.8 Å². The predicted molar refractivity (Wildman–Crippen MR) is 62.9 cm³/mol. The molecule has 14 heavy (non-hydrogen) atoms. The van der Waals surface area contributed by atoms with Gasteiger partial charge in [0.2, 0.25) is 0 Å². The number of hydrogen-bond acceptors (Lipinski definition) is 4. The summed E-state index contributed by atoms with van der Waals surface area (Å²) in [5.41, 5.74) is -0.456. The van der Waals surface area contributed by atoms with Gasteiger partial charge in [0.15, 0.2) is 0 Å². The van der Waals surface area contributed by atoms with E-state index < -0.39 is 5.60 Å². The molecule has 1 aromatic rings. The van der Waals surface area contributed by atoms with Crippen molar-refractivity contribution >= 4 is 23.1 Å². The average molecular weight is 229 g/mol. The Balaban J connectivity index is 1.72. The van der Waals surface area contributed by atoms with Crippen molar-refractivity contribution < 1.29 is 5.11 Å². The van der Waals surface area contributed by atoms with Crippen LogP contribution in [0.3, 0.4) is 0 Å². The van der Waals surface area contributed by atoms with Gasteiger partial charge in [0.25, 0.3) is 0 Å². The molecule has 1 unspecified atom stereocenters. The summed E-state index contributed by atoms with van der Waals surface area (Å²) in [6.45, 7) is 1.60. The van der Waals surface area contributed by atoms with Crippen LogP contribution >= 0.6 is 23.1 Å². The lowest BCUT2D eigenvalue weighted by Gasteiger charge is -2.21. The largest absolute Gasteiger partial charge is 0.388 e. The lowest BCUT2D eigenvalue weighted by molar-refractivity contribution is 0.0675. The van der Waals surface area contributed by atoms with Crippen LogP contribution in [-0.4, -0.2) is 28.8 Å². The molecule has 2 heterocycles. The van der Waals surface area contributed by atoms with Gasteiger partial charge in [0, 0.05) is 23.7 Å². The van der Waals surface area contributed by atoms with Crippen molar-refractivity contribution in [1.82, 2.24) is 5.32 Å². The Morgan fingerprint density at radius 1 is 1.57 bits per heavy atom. The highest BCUT2D eigenvalue weighted by Gasteiger charge is 2.30. The van der Waals surface area contributed by atoms with Crippen molar-refractivity contribution in [3.05, 3.63) is 22.4 Å². The Labute approximate surface area is 92.7 Å². The summed E-state index contributed by atoms with van der Waals surface area (Å²) in [6, 6.07) is 4.17. The SMILES string of the molecule is OC1(CNCc2cccs2)CCSC1. The number of aliphatic hydroxyl groups is 1. The molecule has 0 radical (unpaired) electrons. The van der Waals surface area contributed by atoms with Crippen molar-refractivity contribution in [2.45, 2.75) is 18.6 Å². The van der Waals surface area contributed by atoms with Gasteiger partial charge < -0.3 is 10.4 Å². The third kappa shape index (κ3) is 2.73. The second-order valence-electron chi connectivity index (χ2n) is 3.71. The molecule has 1 aromatic heterocycles. The van der Waals surface area contributed by atoms with Gasteiger partial charge in [0.1, 0.15) is 0 Å². The normalized spacial score (nSPS) is 26.9. The van der Waals surface area contributed by atoms with E-state index in [0.717, 1.165) is 31.0 Å². The molecule has 2 N–H and O–H groups in total. The first-order chi connectivity index (χ1) is 6.79. The molecular weight excluding hydrogens is 214 g/mol. The lowest BCUT2D eigenvalue weighted by Crippen LogP contribution is -2.40. The Morgan fingerprint density at radius 3 is 3.14 bits per heavy atom. The maximum absolute atomic E-state index is 10.0. The van der Waals surface area contributed by atoms with E-state index in [-0.39, 0.29) is 0 Å². The molecule has 0 aliphatic carbocycles. The average Bonchev–Trinajstić information content (AvgIpc) is 2.77. The van der Waals surface area contributed by atoms with Crippen molar-refractivity contribution in [3.8, 4) is 0 Å². The molecule has 0 bridgehead atoms. The monoisotopic (exact) mass is 229 g/mol. The molecule has 1 fully saturated rings. The van der Waals surface area contributed by atoms with Gasteiger partial charge in [-0.05, 0) is 23.6 Å². The van der Waals surface area contributed by atoms with Crippen molar-refractivity contribution in [2.24, 2.45) is 0 Å². The molecule has 0 amide bonds. The van der Waals surface area contributed by atoms with E-state index >= 15 is 0 Å².